The Balaban J connectivity index is 1.88. The number of hydrogen-bond donors (Lipinski definition) is 1. The molecule has 1 aliphatic rings. The van der Waals surface area contributed by atoms with Gasteiger partial charge in [-0.3, -0.25) is 5.01 Å². The summed E-state index contributed by atoms with van der Waals surface area (Å²) in [5.74, 6) is 0. The summed E-state index contributed by atoms with van der Waals surface area (Å²) in [5.41, 5.74) is 2.34. The Labute approximate surface area is 94.8 Å². The normalized spacial score (nSPS) is 16.6. The highest BCUT2D eigenvalue weighted by atomic mass is 15.5. The van der Waals surface area contributed by atoms with Crippen molar-refractivity contribution in [2.24, 2.45) is 5.10 Å². The molecule has 3 rings (SSSR count). The number of hydrazone groups is 1. The van der Waals surface area contributed by atoms with E-state index in [2.05, 4.69) is 33.3 Å². The van der Waals surface area contributed by atoms with Crippen molar-refractivity contribution in [2.75, 3.05) is 13.1 Å². The molecule has 1 aromatic carbocycles. The van der Waals surface area contributed by atoms with E-state index in [0.717, 1.165) is 13.1 Å². The minimum absolute atomic E-state index is 1.10. The highest BCUT2D eigenvalue weighted by molar-refractivity contribution is 5.98. The molecular formula is C13H15N3. The fourth-order valence-corrected chi connectivity index (χ4v) is 2.16. The second kappa shape index (κ2) is 4.00. The van der Waals surface area contributed by atoms with Gasteiger partial charge >= 0.3 is 0 Å². The molecule has 1 saturated heterocycles. The summed E-state index contributed by atoms with van der Waals surface area (Å²) in [4.78, 5) is 3.25. The summed E-state index contributed by atoms with van der Waals surface area (Å²) in [5, 5.41) is 7.89. The Bertz CT molecular complexity index is 507. The van der Waals surface area contributed by atoms with Crippen LogP contribution in [0.4, 0.5) is 0 Å². The molecule has 0 amide bonds. The number of nitrogens with one attached hydrogen (secondary N) is 1. The Kier molecular flexibility index (Phi) is 2.37. The monoisotopic (exact) mass is 213 g/mol. The number of benzene rings is 1. The van der Waals surface area contributed by atoms with Crippen LogP contribution in [0.5, 0.6) is 0 Å². The van der Waals surface area contributed by atoms with Gasteiger partial charge in [-0.1, -0.05) is 18.2 Å². The molecule has 0 saturated carbocycles. The highest BCUT2D eigenvalue weighted by Crippen LogP contribution is 2.16. The first-order chi connectivity index (χ1) is 7.93. The molecule has 0 bridgehead atoms. The lowest BCUT2D eigenvalue weighted by molar-refractivity contribution is 0.362. The van der Waals surface area contributed by atoms with Gasteiger partial charge in [0, 0.05) is 35.8 Å². The van der Waals surface area contributed by atoms with E-state index < -0.39 is 0 Å². The van der Waals surface area contributed by atoms with Crippen LogP contribution < -0.4 is 0 Å². The van der Waals surface area contributed by atoms with Crippen LogP contribution in [0.1, 0.15) is 18.4 Å². The molecule has 0 radical (unpaired) electrons. The molecule has 0 spiro atoms. The predicted molar refractivity (Wildman–Crippen MR) is 66.7 cm³/mol. The standard InChI is InChI=1S/C13H15N3/c1-2-6-13-12(5-1)11(9-14-13)10-15-16-7-3-4-8-16/h1-2,5-6,9-10,14H,3-4,7-8H2/b15-10-. The van der Waals surface area contributed by atoms with E-state index in [1.807, 2.05) is 18.5 Å². The minimum atomic E-state index is 1.10. The van der Waals surface area contributed by atoms with Crippen molar-refractivity contribution in [2.45, 2.75) is 12.8 Å². The average molecular weight is 213 g/mol. The van der Waals surface area contributed by atoms with Crippen LogP contribution >= 0.6 is 0 Å². The smallest absolute Gasteiger partial charge is 0.0564 e. The number of H-pyrrole nitrogens is 1. The quantitative estimate of drug-likeness (QED) is 0.764. The van der Waals surface area contributed by atoms with Crippen molar-refractivity contribution in [3.8, 4) is 0 Å². The van der Waals surface area contributed by atoms with E-state index in [4.69, 9.17) is 0 Å². The molecule has 16 heavy (non-hydrogen) atoms. The predicted octanol–water partition coefficient (Wildman–Crippen LogP) is 2.60. The lowest BCUT2D eigenvalue weighted by atomic mass is 10.2. The maximum absolute atomic E-state index is 4.50. The molecule has 1 N–H and O–H groups in total. The summed E-state index contributed by atoms with van der Waals surface area (Å²) in [6, 6.07) is 8.31. The van der Waals surface area contributed by atoms with Crippen LogP contribution in [-0.2, 0) is 0 Å². The molecule has 2 heterocycles. The third kappa shape index (κ3) is 1.69. The topological polar surface area (TPSA) is 31.4 Å². The number of rotatable bonds is 2. The molecule has 3 nitrogen and oxygen atoms in total. The molecule has 0 aliphatic carbocycles. The summed E-state index contributed by atoms with van der Waals surface area (Å²) in [7, 11) is 0. The molecule has 1 fully saturated rings. The van der Waals surface area contributed by atoms with Crippen molar-refractivity contribution in [1.82, 2.24) is 9.99 Å². The molecule has 1 aromatic heterocycles. The number of aromatic nitrogens is 1. The summed E-state index contributed by atoms with van der Waals surface area (Å²) in [6.45, 7) is 2.19. The largest absolute Gasteiger partial charge is 0.361 e. The summed E-state index contributed by atoms with van der Waals surface area (Å²) >= 11 is 0. The van der Waals surface area contributed by atoms with Gasteiger partial charge in [-0.2, -0.15) is 5.10 Å². The van der Waals surface area contributed by atoms with E-state index in [1.54, 1.807) is 0 Å². The first kappa shape index (κ1) is 9.46. The third-order valence-electron chi connectivity index (χ3n) is 3.06. The summed E-state index contributed by atoms with van der Waals surface area (Å²) < 4.78 is 0. The van der Waals surface area contributed by atoms with Crippen LogP contribution in [0.2, 0.25) is 0 Å². The lowest BCUT2D eigenvalue weighted by Gasteiger charge is -2.08. The molecule has 0 atom stereocenters. The zero-order chi connectivity index (χ0) is 10.8. The summed E-state index contributed by atoms with van der Waals surface area (Å²) in [6.07, 6.45) is 6.52. The highest BCUT2D eigenvalue weighted by Gasteiger charge is 2.07. The van der Waals surface area contributed by atoms with Gasteiger partial charge in [-0.15, -0.1) is 0 Å². The number of hydrogen-bond acceptors (Lipinski definition) is 2. The van der Waals surface area contributed by atoms with Crippen molar-refractivity contribution in [3.63, 3.8) is 0 Å². The van der Waals surface area contributed by atoms with Crippen LogP contribution in [0.3, 0.4) is 0 Å². The fourth-order valence-electron chi connectivity index (χ4n) is 2.16. The molecule has 1 aliphatic heterocycles. The molecular weight excluding hydrogens is 198 g/mol. The van der Waals surface area contributed by atoms with Crippen LogP contribution in [-0.4, -0.2) is 29.3 Å². The zero-order valence-electron chi connectivity index (χ0n) is 9.19. The van der Waals surface area contributed by atoms with Gasteiger partial charge in [0.25, 0.3) is 0 Å². The Morgan fingerprint density at radius 2 is 2.00 bits per heavy atom. The second-order valence-corrected chi connectivity index (χ2v) is 4.19. The number of aromatic amines is 1. The van der Waals surface area contributed by atoms with Gasteiger partial charge < -0.3 is 4.98 Å². The number of para-hydroxylation sites is 1. The number of fused-ring (bicyclic) bond motifs is 1. The van der Waals surface area contributed by atoms with Crippen molar-refractivity contribution < 1.29 is 0 Å². The van der Waals surface area contributed by atoms with E-state index in [1.165, 1.54) is 29.3 Å². The maximum Gasteiger partial charge on any atom is 0.0564 e. The van der Waals surface area contributed by atoms with Gasteiger partial charge in [-0.25, -0.2) is 0 Å². The van der Waals surface area contributed by atoms with E-state index in [0.29, 0.717) is 0 Å². The number of nitrogens with zero attached hydrogens (tertiary/aromatic N) is 2. The first-order valence-corrected chi connectivity index (χ1v) is 5.78. The van der Waals surface area contributed by atoms with Crippen LogP contribution in [0.25, 0.3) is 10.9 Å². The van der Waals surface area contributed by atoms with Gasteiger partial charge in [-0.05, 0) is 18.9 Å². The van der Waals surface area contributed by atoms with Crippen molar-refractivity contribution in [1.29, 1.82) is 0 Å². The molecule has 0 unspecified atom stereocenters. The van der Waals surface area contributed by atoms with E-state index in [-0.39, 0.29) is 0 Å². The van der Waals surface area contributed by atoms with Crippen LogP contribution in [0, 0.1) is 0 Å². The van der Waals surface area contributed by atoms with Gasteiger partial charge in [0.2, 0.25) is 0 Å². The van der Waals surface area contributed by atoms with Gasteiger partial charge in [0.15, 0.2) is 0 Å². The van der Waals surface area contributed by atoms with Crippen molar-refractivity contribution in [3.05, 3.63) is 36.0 Å². The van der Waals surface area contributed by atoms with Gasteiger partial charge in [0.05, 0.1) is 6.21 Å². The van der Waals surface area contributed by atoms with Crippen LogP contribution in [0.15, 0.2) is 35.6 Å². The average Bonchev–Trinajstić information content (AvgIpc) is 2.96. The second-order valence-electron chi connectivity index (χ2n) is 4.19. The first-order valence-electron chi connectivity index (χ1n) is 5.78. The Morgan fingerprint density at radius 3 is 2.88 bits per heavy atom. The van der Waals surface area contributed by atoms with Gasteiger partial charge in [0.1, 0.15) is 0 Å². The molecule has 3 heteroatoms. The minimum Gasteiger partial charge on any atom is -0.361 e. The Morgan fingerprint density at radius 1 is 1.19 bits per heavy atom. The fraction of sp³-hybridized carbons (Fsp3) is 0.308. The Hall–Kier alpha value is -1.77. The molecule has 82 valence electrons. The zero-order valence-corrected chi connectivity index (χ0v) is 9.19. The van der Waals surface area contributed by atoms with E-state index >= 15 is 0 Å². The maximum atomic E-state index is 4.50. The third-order valence-corrected chi connectivity index (χ3v) is 3.06. The van der Waals surface area contributed by atoms with E-state index in [9.17, 15) is 0 Å². The molecule has 2 aromatic rings. The van der Waals surface area contributed by atoms with Crippen molar-refractivity contribution >= 4 is 17.1 Å². The lowest BCUT2D eigenvalue weighted by Crippen LogP contribution is -2.11. The SMILES string of the molecule is C(=N/N1CCCC1)/c1c[nH]c2ccccc12.